The van der Waals surface area contributed by atoms with Crippen molar-refractivity contribution in [3.8, 4) is 0 Å². The Bertz CT molecular complexity index is 1080. The number of nitrogens with one attached hydrogen (secondary N) is 1. The average molecular weight is 328 g/mol. The molecule has 116 valence electrons. The fourth-order valence-electron chi connectivity index (χ4n) is 3.02. The number of aromatic nitrogens is 5. The summed E-state index contributed by atoms with van der Waals surface area (Å²) in [6.07, 6.45) is 3.53. The summed E-state index contributed by atoms with van der Waals surface area (Å²) in [6, 6.07) is 7.22. The molecule has 0 saturated heterocycles. The van der Waals surface area contributed by atoms with Gasteiger partial charge in [-0.2, -0.15) is 10.2 Å². The predicted octanol–water partition coefficient (Wildman–Crippen LogP) is 2.87. The molecule has 4 aromatic rings. The highest BCUT2D eigenvalue weighted by atomic mass is 35.5. The SMILES string of the molecule is C[C@@H](c1ccn[nH]1)n1c(=O)c2nn(C)cc2c2ccc(Cl)cc21. The second-order valence-electron chi connectivity index (χ2n) is 5.59. The summed E-state index contributed by atoms with van der Waals surface area (Å²) in [6.45, 7) is 1.95. The van der Waals surface area contributed by atoms with E-state index in [4.69, 9.17) is 11.6 Å². The van der Waals surface area contributed by atoms with E-state index in [1.807, 2.05) is 44.4 Å². The van der Waals surface area contributed by atoms with Crippen LogP contribution in [0.2, 0.25) is 5.02 Å². The van der Waals surface area contributed by atoms with Gasteiger partial charge >= 0.3 is 0 Å². The Kier molecular flexibility index (Phi) is 3.02. The Hall–Kier alpha value is -2.60. The van der Waals surface area contributed by atoms with E-state index in [0.717, 1.165) is 22.0 Å². The molecule has 0 fully saturated rings. The Morgan fingerprint density at radius 1 is 1.26 bits per heavy atom. The van der Waals surface area contributed by atoms with Crippen molar-refractivity contribution in [1.82, 2.24) is 24.5 Å². The molecule has 0 saturated carbocycles. The van der Waals surface area contributed by atoms with Crippen LogP contribution >= 0.6 is 11.6 Å². The van der Waals surface area contributed by atoms with Crippen molar-refractivity contribution in [2.24, 2.45) is 7.05 Å². The summed E-state index contributed by atoms with van der Waals surface area (Å²) in [5.41, 5.74) is 1.94. The van der Waals surface area contributed by atoms with Gasteiger partial charge < -0.3 is 0 Å². The van der Waals surface area contributed by atoms with E-state index < -0.39 is 0 Å². The van der Waals surface area contributed by atoms with Crippen LogP contribution in [-0.2, 0) is 7.05 Å². The van der Waals surface area contributed by atoms with Crippen LogP contribution in [0.4, 0.5) is 0 Å². The predicted molar refractivity (Wildman–Crippen MR) is 89.9 cm³/mol. The third-order valence-electron chi connectivity index (χ3n) is 4.12. The van der Waals surface area contributed by atoms with Crippen LogP contribution in [0.15, 0.2) is 41.5 Å². The molecule has 7 heteroatoms. The van der Waals surface area contributed by atoms with Gasteiger partial charge in [-0.05, 0) is 25.1 Å². The summed E-state index contributed by atoms with van der Waals surface area (Å²) in [7, 11) is 1.81. The van der Waals surface area contributed by atoms with Crippen LogP contribution in [0.3, 0.4) is 0 Å². The molecule has 0 radical (unpaired) electrons. The number of rotatable bonds is 2. The van der Waals surface area contributed by atoms with Gasteiger partial charge in [0, 0.05) is 35.2 Å². The number of nitrogens with zero attached hydrogens (tertiary/aromatic N) is 4. The van der Waals surface area contributed by atoms with E-state index in [2.05, 4.69) is 15.3 Å². The number of aromatic amines is 1. The molecule has 0 aliphatic carbocycles. The maximum Gasteiger partial charge on any atom is 0.280 e. The molecule has 3 heterocycles. The monoisotopic (exact) mass is 327 g/mol. The Morgan fingerprint density at radius 3 is 2.83 bits per heavy atom. The number of pyridine rings is 1. The van der Waals surface area contributed by atoms with Gasteiger partial charge in [0.25, 0.3) is 5.56 Å². The van der Waals surface area contributed by atoms with Gasteiger partial charge in [0.15, 0.2) is 5.52 Å². The molecule has 23 heavy (non-hydrogen) atoms. The minimum absolute atomic E-state index is 0.141. The van der Waals surface area contributed by atoms with E-state index in [1.54, 1.807) is 15.4 Å². The van der Waals surface area contributed by atoms with Gasteiger partial charge in [0.05, 0.1) is 17.3 Å². The normalized spacial score (nSPS) is 13.0. The first kappa shape index (κ1) is 14.0. The topological polar surface area (TPSA) is 68.5 Å². The Balaban J connectivity index is 2.17. The van der Waals surface area contributed by atoms with E-state index in [-0.39, 0.29) is 11.6 Å². The third-order valence-corrected chi connectivity index (χ3v) is 4.35. The van der Waals surface area contributed by atoms with Crippen LogP contribution in [0.5, 0.6) is 0 Å². The molecule has 1 N–H and O–H groups in total. The van der Waals surface area contributed by atoms with Crippen molar-refractivity contribution in [3.63, 3.8) is 0 Å². The van der Waals surface area contributed by atoms with E-state index in [1.165, 1.54) is 0 Å². The van der Waals surface area contributed by atoms with Crippen LogP contribution in [0.25, 0.3) is 21.8 Å². The second-order valence-corrected chi connectivity index (χ2v) is 6.03. The van der Waals surface area contributed by atoms with Gasteiger partial charge in [-0.25, -0.2) is 0 Å². The maximum atomic E-state index is 13.0. The molecule has 0 amide bonds. The van der Waals surface area contributed by atoms with Crippen molar-refractivity contribution in [2.45, 2.75) is 13.0 Å². The molecule has 1 atom stereocenters. The lowest BCUT2D eigenvalue weighted by molar-refractivity contribution is 0.620. The quantitative estimate of drug-likeness (QED) is 0.615. The highest BCUT2D eigenvalue weighted by Gasteiger charge is 2.19. The Labute approximate surface area is 136 Å². The molecule has 0 aliphatic heterocycles. The Morgan fingerprint density at radius 2 is 2.09 bits per heavy atom. The first-order valence-corrected chi connectivity index (χ1v) is 7.60. The third kappa shape index (κ3) is 2.06. The standard InChI is InChI=1S/C16H14ClN5O/c1-9(13-5-6-18-19-13)22-14-7-10(17)3-4-11(14)12-8-21(2)20-15(12)16(22)23/h3-9H,1-2H3,(H,18,19)/t9-/m0/s1. The summed E-state index contributed by atoms with van der Waals surface area (Å²) >= 11 is 6.17. The smallest absolute Gasteiger partial charge is 0.280 e. The summed E-state index contributed by atoms with van der Waals surface area (Å²) in [4.78, 5) is 13.0. The van der Waals surface area contributed by atoms with Crippen LogP contribution < -0.4 is 5.56 Å². The number of halogens is 1. The van der Waals surface area contributed by atoms with Crippen molar-refractivity contribution < 1.29 is 0 Å². The van der Waals surface area contributed by atoms with Crippen molar-refractivity contribution in [1.29, 1.82) is 0 Å². The van der Waals surface area contributed by atoms with Gasteiger partial charge in [-0.3, -0.25) is 19.1 Å². The van der Waals surface area contributed by atoms with Crippen molar-refractivity contribution in [3.05, 3.63) is 57.7 Å². The minimum atomic E-state index is -0.211. The molecular weight excluding hydrogens is 314 g/mol. The minimum Gasteiger partial charge on any atom is -0.298 e. The molecule has 1 aromatic carbocycles. The van der Waals surface area contributed by atoms with Crippen LogP contribution in [0.1, 0.15) is 18.7 Å². The molecule has 0 aliphatic rings. The van der Waals surface area contributed by atoms with Gasteiger partial charge in [0.1, 0.15) is 0 Å². The number of aryl methyl sites for hydroxylation is 1. The van der Waals surface area contributed by atoms with E-state index in [9.17, 15) is 4.79 Å². The highest BCUT2D eigenvalue weighted by Crippen LogP contribution is 2.28. The summed E-state index contributed by atoms with van der Waals surface area (Å²) in [5.74, 6) is 0. The number of fused-ring (bicyclic) bond motifs is 3. The van der Waals surface area contributed by atoms with Crippen molar-refractivity contribution in [2.75, 3.05) is 0 Å². The maximum absolute atomic E-state index is 13.0. The highest BCUT2D eigenvalue weighted by molar-refractivity contribution is 6.31. The number of benzene rings is 1. The van der Waals surface area contributed by atoms with Gasteiger partial charge in [-0.1, -0.05) is 17.7 Å². The summed E-state index contributed by atoms with van der Waals surface area (Å²) < 4.78 is 3.37. The lowest BCUT2D eigenvalue weighted by Gasteiger charge is -2.17. The second kappa shape index (κ2) is 4.96. The van der Waals surface area contributed by atoms with Gasteiger partial charge in [-0.15, -0.1) is 0 Å². The molecule has 0 bridgehead atoms. The van der Waals surface area contributed by atoms with E-state index >= 15 is 0 Å². The fourth-order valence-corrected chi connectivity index (χ4v) is 3.19. The zero-order valence-electron chi connectivity index (χ0n) is 12.6. The van der Waals surface area contributed by atoms with Crippen LogP contribution in [0, 0.1) is 0 Å². The largest absolute Gasteiger partial charge is 0.298 e. The number of hydrogen-bond acceptors (Lipinski definition) is 3. The fraction of sp³-hybridized carbons (Fsp3) is 0.188. The molecule has 6 nitrogen and oxygen atoms in total. The molecule has 3 aromatic heterocycles. The average Bonchev–Trinajstić information content (AvgIpc) is 3.16. The zero-order valence-corrected chi connectivity index (χ0v) is 13.4. The zero-order chi connectivity index (χ0) is 16.1. The molecule has 4 rings (SSSR count). The van der Waals surface area contributed by atoms with Crippen molar-refractivity contribution >= 4 is 33.4 Å². The lowest BCUT2D eigenvalue weighted by Crippen LogP contribution is -2.25. The lowest BCUT2D eigenvalue weighted by atomic mass is 10.1. The van der Waals surface area contributed by atoms with E-state index in [0.29, 0.717) is 10.5 Å². The van der Waals surface area contributed by atoms with Gasteiger partial charge in [0.2, 0.25) is 0 Å². The van der Waals surface area contributed by atoms with Crippen LogP contribution in [-0.4, -0.2) is 24.5 Å². The first-order chi connectivity index (χ1) is 11.1. The molecule has 0 unspecified atom stereocenters. The number of H-pyrrole nitrogens is 1. The molecule has 0 spiro atoms. The summed E-state index contributed by atoms with van der Waals surface area (Å²) in [5, 5.41) is 13.6. The molecular formula is C16H14ClN5O. The number of hydrogen-bond donors (Lipinski definition) is 1. The first-order valence-electron chi connectivity index (χ1n) is 7.22.